The molecule has 1 aliphatic heterocycles. The third-order valence-electron chi connectivity index (χ3n) is 5.23. The van der Waals surface area contributed by atoms with Gasteiger partial charge in [0.1, 0.15) is 17.5 Å². The number of aryl methyl sites for hydroxylation is 1. The van der Waals surface area contributed by atoms with E-state index >= 15 is 0 Å². The summed E-state index contributed by atoms with van der Waals surface area (Å²) in [4.78, 5) is 21.4. The molecular formula is C21H22F3N5O2. The molecule has 0 aliphatic carbocycles. The molecule has 1 atom stereocenters. The zero-order valence-corrected chi connectivity index (χ0v) is 17.1. The molecule has 0 spiro atoms. The lowest BCUT2D eigenvalue weighted by molar-refractivity contribution is 0.111. The van der Waals surface area contributed by atoms with Crippen molar-refractivity contribution in [2.75, 3.05) is 36.6 Å². The van der Waals surface area contributed by atoms with Crippen molar-refractivity contribution in [1.82, 2.24) is 14.6 Å². The molecule has 2 aromatic heterocycles. The number of aromatic nitrogens is 3. The summed E-state index contributed by atoms with van der Waals surface area (Å²) in [5.41, 5.74) is -0.333. The van der Waals surface area contributed by atoms with Crippen LogP contribution < -0.4 is 15.9 Å². The monoisotopic (exact) mass is 433 g/mol. The fraction of sp³-hybridized carbons (Fsp3) is 0.381. The lowest BCUT2D eigenvalue weighted by Gasteiger charge is -2.30. The molecule has 1 aromatic carbocycles. The van der Waals surface area contributed by atoms with E-state index in [9.17, 15) is 18.0 Å². The largest absolute Gasteiger partial charge is 0.378 e. The summed E-state index contributed by atoms with van der Waals surface area (Å²) in [5.74, 6) is -0.135. The first-order valence-electron chi connectivity index (χ1n) is 9.92. The van der Waals surface area contributed by atoms with Crippen LogP contribution in [-0.4, -0.2) is 40.9 Å². The molecule has 1 saturated heterocycles. The smallest absolute Gasteiger partial charge is 0.271 e. The van der Waals surface area contributed by atoms with Crippen molar-refractivity contribution in [2.24, 2.45) is 0 Å². The van der Waals surface area contributed by atoms with Crippen LogP contribution in [0.2, 0.25) is 0 Å². The lowest BCUT2D eigenvalue weighted by Crippen LogP contribution is -2.48. The number of benzene rings is 1. The first kappa shape index (κ1) is 21.1. The van der Waals surface area contributed by atoms with Gasteiger partial charge in [-0.1, -0.05) is 18.2 Å². The predicted molar refractivity (Wildman–Crippen MR) is 111 cm³/mol. The minimum absolute atomic E-state index is 0.101. The fourth-order valence-corrected chi connectivity index (χ4v) is 3.66. The molecule has 1 fully saturated rings. The summed E-state index contributed by atoms with van der Waals surface area (Å²) in [5, 5.41) is 5.53. The number of halogens is 3. The van der Waals surface area contributed by atoms with E-state index in [0.717, 1.165) is 6.07 Å². The Kier molecular flexibility index (Phi) is 5.81. The molecule has 3 aromatic rings. The second-order valence-electron chi connectivity index (χ2n) is 7.36. The summed E-state index contributed by atoms with van der Waals surface area (Å²) >= 11 is 0. The van der Waals surface area contributed by atoms with Crippen LogP contribution in [0.25, 0.3) is 10.9 Å². The highest BCUT2D eigenvalue weighted by molar-refractivity contribution is 5.88. The molecule has 31 heavy (non-hydrogen) atoms. The highest BCUT2D eigenvalue weighted by atomic mass is 19.3. The molecule has 3 heterocycles. The molecular weight excluding hydrogens is 411 g/mol. The zero-order valence-electron chi connectivity index (χ0n) is 17.1. The van der Waals surface area contributed by atoms with Gasteiger partial charge in [-0.25, -0.2) is 27.8 Å². The van der Waals surface area contributed by atoms with Crippen molar-refractivity contribution < 1.29 is 17.9 Å². The predicted octanol–water partition coefficient (Wildman–Crippen LogP) is 3.32. The SMILES string of the molecule is Cc1nc(N[C@H](C)c2cccc(C(F)F)c2F)c2cn(N3CCOCC3)c(=O)cc2n1. The van der Waals surface area contributed by atoms with Crippen LogP contribution in [-0.2, 0) is 4.74 Å². The fourth-order valence-electron chi connectivity index (χ4n) is 3.66. The summed E-state index contributed by atoms with van der Waals surface area (Å²) < 4.78 is 47.6. The first-order valence-corrected chi connectivity index (χ1v) is 9.92. The van der Waals surface area contributed by atoms with E-state index in [1.54, 1.807) is 20.0 Å². The number of anilines is 1. The van der Waals surface area contributed by atoms with Crippen LogP contribution in [0.4, 0.5) is 19.0 Å². The summed E-state index contributed by atoms with van der Waals surface area (Å²) in [6.07, 6.45) is -1.26. The van der Waals surface area contributed by atoms with Gasteiger partial charge in [0.15, 0.2) is 0 Å². The second-order valence-corrected chi connectivity index (χ2v) is 7.36. The van der Waals surface area contributed by atoms with Gasteiger partial charge in [0.2, 0.25) is 0 Å². The van der Waals surface area contributed by atoms with E-state index in [0.29, 0.717) is 48.8 Å². The van der Waals surface area contributed by atoms with E-state index in [-0.39, 0.29) is 11.1 Å². The van der Waals surface area contributed by atoms with Gasteiger partial charge >= 0.3 is 0 Å². The van der Waals surface area contributed by atoms with Crippen LogP contribution in [0, 0.1) is 12.7 Å². The van der Waals surface area contributed by atoms with Crippen LogP contribution >= 0.6 is 0 Å². The highest BCUT2D eigenvalue weighted by Crippen LogP contribution is 2.30. The molecule has 0 amide bonds. The third kappa shape index (κ3) is 4.20. The van der Waals surface area contributed by atoms with E-state index in [1.165, 1.54) is 22.9 Å². The maximum absolute atomic E-state index is 14.6. The average molecular weight is 433 g/mol. The first-order chi connectivity index (χ1) is 14.8. The molecule has 1 N–H and O–H groups in total. The van der Waals surface area contributed by atoms with Gasteiger partial charge in [0.05, 0.1) is 48.8 Å². The Balaban J connectivity index is 1.75. The van der Waals surface area contributed by atoms with Crippen molar-refractivity contribution in [1.29, 1.82) is 0 Å². The molecule has 1 aliphatic rings. The zero-order chi connectivity index (χ0) is 22.1. The quantitative estimate of drug-likeness (QED) is 0.666. The standard InChI is InChI=1S/C21H22F3N5O2/c1-12(14-4-3-5-15(19(14)22)20(23)24)25-21-16-11-29(28-6-8-31-9-7-28)18(30)10-17(16)26-13(2)27-21/h3-5,10-12,20H,6-9H2,1-2H3,(H,25,26,27)/t12-/m1/s1. The van der Waals surface area contributed by atoms with Gasteiger partial charge in [-0.15, -0.1) is 0 Å². The van der Waals surface area contributed by atoms with Gasteiger partial charge in [-0.05, 0) is 13.8 Å². The molecule has 164 valence electrons. The minimum Gasteiger partial charge on any atom is -0.378 e. The minimum atomic E-state index is -2.91. The Labute approximate surface area is 176 Å². The maximum atomic E-state index is 14.6. The third-order valence-corrected chi connectivity index (χ3v) is 5.23. The van der Waals surface area contributed by atoms with Crippen LogP contribution in [0.15, 0.2) is 35.3 Å². The summed E-state index contributed by atoms with van der Waals surface area (Å²) in [7, 11) is 0. The molecule has 0 bridgehead atoms. The van der Waals surface area contributed by atoms with Crippen molar-refractivity contribution in [3.05, 3.63) is 63.6 Å². The maximum Gasteiger partial charge on any atom is 0.271 e. The van der Waals surface area contributed by atoms with E-state index < -0.39 is 23.8 Å². The number of hydrogen-bond donors (Lipinski definition) is 1. The number of hydrogen-bond acceptors (Lipinski definition) is 6. The second kappa shape index (κ2) is 8.54. The molecule has 4 rings (SSSR count). The Morgan fingerprint density at radius 2 is 1.87 bits per heavy atom. The average Bonchev–Trinajstić information content (AvgIpc) is 2.73. The number of morpholine rings is 1. The molecule has 0 radical (unpaired) electrons. The van der Waals surface area contributed by atoms with Crippen molar-refractivity contribution in [3.63, 3.8) is 0 Å². The normalized spacial score (nSPS) is 15.5. The molecule has 0 unspecified atom stereocenters. The van der Waals surface area contributed by atoms with Crippen LogP contribution in [0.1, 0.15) is 36.3 Å². The number of nitrogens with zero attached hydrogens (tertiary/aromatic N) is 4. The Morgan fingerprint density at radius 3 is 2.58 bits per heavy atom. The summed E-state index contributed by atoms with van der Waals surface area (Å²) in [6.45, 7) is 5.48. The summed E-state index contributed by atoms with van der Waals surface area (Å²) in [6, 6.07) is 4.70. The van der Waals surface area contributed by atoms with Gasteiger partial charge in [0.25, 0.3) is 12.0 Å². The van der Waals surface area contributed by atoms with Gasteiger partial charge in [-0.3, -0.25) is 4.79 Å². The highest BCUT2D eigenvalue weighted by Gasteiger charge is 2.21. The number of pyridine rings is 1. The van der Waals surface area contributed by atoms with Crippen LogP contribution in [0.3, 0.4) is 0 Å². The Hall–Kier alpha value is -3.14. The number of ether oxygens (including phenoxy) is 1. The molecule has 0 saturated carbocycles. The van der Waals surface area contributed by atoms with E-state index in [1.807, 2.05) is 5.01 Å². The van der Waals surface area contributed by atoms with Gasteiger partial charge in [0, 0.05) is 17.8 Å². The van der Waals surface area contributed by atoms with Crippen molar-refractivity contribution >= 4 is 16.7 Å². The van der Waals surface area contributed by atoms with E-state index in [4.69, 9.17) is 4.74 Å². The van der Waals surface area contributed by atoms with Gasteiger partial charge in [-0.2, -0.15) is 0 Å². The van der Waals surface area contributed by atoms with Crippen molar-refractivity contribution in [2.45, 2.75) is 26.3 Å². The van der Waals surface area contributed by atoms with Gasteiger partial charge < -0.3 is 15.1 Å². The Morgan fingerprint density at radius 1 is 1.16 bits per heavy atom. The number of nitrogens with one attached hydrogen (secondary N) is 1. The molecule has 10 heteroatoms. The number of fused-ring (bicyclic) bond motifs is 1. The Bertz CT molecular complexity index is 1160. The number of alkyl halides is 2. The lowest BCUT2D eigenvalue weighted by atomic mass is 10.0. The van der Waals surface area contributed by atoms with Crippen molar-refractivity contribution in [3.8, 4) is 0 Å². The molecule has 7 nitrogen and oxygen atoms in total. The van der Waals surface area contributed by atoms with E-state index in [2.05, 4.69) is 15.3 Å². The topological polar surface area (TPSA) is 72.3 Å². The number of rotatable bonds is 5. The van der Waals surface area contributed by atoms with Crippen LogP contribution in [0.5, 0.6) is 0 Å².